The van der Waals surface area contributed by atoms with Gasteiger partial charge in [-0.05, 0) is 40.4 Å². The summed E-state index contributed by atoms with van der Waals surface area (Å²) >= 11 is 14.4. The molecule has 0 fully saturated rings. The number of alkyl halides is 1. The average molecular weight is 286 g/mol. The molecule has 1 aromatic carbocycles. The van der Waals surface area contributed by atoms with Crippen LogP contribution in [-0.2, 0) is 6.42 Å². The minimum absolute atomic E-state index is 0.145. The van der Waals surface area contributed by atoms with Crippen LogP contribution in [0.15, 0.2) is 16.6 Å². The Hall–Kier alpha value is 0.210. The molecule has 0 N–H and O–H groups in total. The summed E-state index contributed by atoms with van der Waals surface area (Å²) in [5.74, 6) is 0.189. The summed E-state index contributed by atoms with van der Waals surface area (Å²) in [6.07, 6.45) is 1.39. The third kappa shape index (κ3) is 2.83. The van der Waals surface area contributed by atoms with Crippen LogP contribution < -0.4 is 0 Å². The molecule has 13 heavy (non-hydrogen) atoms. The van der Waals surface area contributed by atoms with Gasteiger partial charge < -0.3 is 0 Å². The topological polar surface area (TPSA) is 0 Å². The summed E-state index contributed by atoms with van der Waals surface area (Å²) in [6, 6.07) is 3.47. The summed E-state index contributed by atoms with van der Waals surface area (Å²) < 4.78 is 14.0. The largest absolute Gasteiger partial charge is 0.205 e. The first-order valence-electron chi connectivity index (χ1n) is 3.85. The molecule has 0 heterocycles. The highest BCUT2D eigenvalue weighted by molar-refractivity contribution is 9.10. The lowest BCUT2D eigenvalue weighted by Gasteiger charge is -2.04. The van der Waals surface area contributed by atoms with E-state index < -0.39 is 0 Å². The highest BCUT2D eigenvalue weighted by atomic mass is 79.9. The summed E-state index contributed by atoms with van der Waals surface area (Å²) in [5, 5.41) is 0.145. The van der Waals surface area contributed by atoms with Crippen LogP contribution in [0, 0.1) is 5.82 Å². The van der Waals surface area contributed by atoms with Gasteiger partial charge in [0.1, 0.15) is 5.82 Å². The zero-order valence-corrected chi connectivity index (χ0v) is 9.89. The second-order valence-electron chi connectivity index (χ2n) is 2.63. The molecule has 0 radical (unpaired) electrons. The van der Waals surface area contributed by atoms with Gasteiger partial charge in [0.15, 0.2) is 0 Å². The van der Waals surface area contributed by atoms with E-state index in [1.54, 1.807) is 12.1 Å². The summed E-state index contributed by atoms with van der Waals surface area (Å²) in [4.78, 5) is 0. The van der Waals surface area contributed by atoms with E-state index >= 15 is 0 Å². The number of hydrogen-bond donors (Lipinski definition) is 0. The molecule has 4 heteroatoms. The fourth-order valence-corrected chi connectivity index (χ4v) is 1.64. The molecule has 0 unspecified atom stereocenters. The van der Waals surface area contributed by atoms with Gasteiger partial charge >= 0.3 is 0 Å². The standard InChI is InChI=1S/C9H8BrCl2F/c10-7-4-3-6(2-1-5-11)9(13)8(7)12/h3-4H,1-2,5H2. The van der Waals surface area contributed by atoms with Gasteiger partial charge in [-0.1, -0.05) is 17.7 Å². The van der Waals surface area contributed by atoms with Crippen LogP contribution in [0.4, 0.5) is 4.39 Å². The van der Waals surface area contributed by atoms with E-state index in [9.17, 15) is 4.39 Å². The second kappa shape index (κ2) is 5.18. The number of aryl methyl sites for hydroxylation is 1. The van der Waals surface area contributed by atoms with E-state index in [-0.39, 0.29) is 10.8 Å². The van der Waals surface area contributed by atoms with Gasteiger partial charge in [0.2, 0.25) is 0 Å². The Kier molecular flexibility index (Phi) is 4.50. The average Bonchev–Trinajstić information content (AvgIpc) is 2.13. The molecule has 0 saturated carbocycles. The Morgan fingerprint density at radius 2 is 2.08 bits per heavy atom. The zero-order valence-electron chi connectivity index (χ0n) is 6.79. The highest BCUT2D eigenvalue weighted by Crippen LogP contribution is 2.28. The number of hydrogen-bond acceptors (Lipinski definition) is 0. The predicted octanol–water partition coefficient (Wildman–Crippen LogP) is 4.41. The Labute approximate surface area is 95.2 Å². The third-order valence-corrected chi connectivity index (χ3v) is 3.22. The van der Waals surface area contributed by atoms with E-state index in [1.165, 1.54) is 0 Å². The first-order chi connectivity index (χ1) is 6.16. The molecule has 0 atom stereocenters. The van der Waals surface area contributed by atoms with Crippen LogP contribution in [0.3, 0.4) is 0 Å². The highest BCUT2D eigenvalue weighted by Gasteiger charge is 2.09. The fraction of sp³-hybridized carbons (Fsp3) is 0.333. The fourth-order valence-electron chi connectivity index (χ4n) is 1.02. The summed E-state index contributed by atoms with van der Waals surface area (Å²) in [5.41, 5.74) is 0.619. The minimum Gasteiger partial charge on any atom is -0.205 e. The number of benzene rings is 1. The molecule has 0 aliphatic carbocycles. The van der Waals surface area contributed by atoms with Gasteiger partial charge in [-0.3, -0.25) is 0 Å². The van der Waals surface area contributed by atoms with Crippen LogP contribution in [0.25, 0.3) is 0 Å². The summed E-state index contributed by atoms with van der Waals surface area (Å²) in [6.45, 7) is 0. The quantitative estimate of drug-likeness (QED) is 0.570. The Morgan fingerprint density at radius 1 is 1.38 bits per heavy atom. The van der Waals surface area contributed by atoms with Crippen LogP contribution in [0.1, 0.15) is 12.0 Å². The van der Waals surface area contributed by atoms with E-state index in [0.29, 0.717) is 22.3 Å². The molecule has 0 aliphatic rings. The first-order valence-corrected chi connectivity index (χ1v) is 5.55. The molecule has 1 aromatic rings. The van der Waals surface area contributed by atoms with Crippen molar-refractivity contribution >= 4 is 39.1 Å². The van der Waals surface area contributed by atoms with Crippen molar-refractivity contribution in [3.05, 3.63) is 33.0 Å². The molecule has 72 valence electrons. The number of halogens is 4. The molecular weight excluding hydrogens is 278 g/mol. The molecule has 1 rings (SSSR count). The van der Waals surface area contributed by atoms with Crippen molar-refractivity contribution in [3.63, 3.8) is 0 Å². The maximum atomic E-state index is 13.4. The molecule has 0 aromatic heterocycles. The maximum absolute atomic E-state index is 13.4. The lowest BCUT2D eigenvalue weighted by Crippen LogP contribution is -1.92. The van der Waals surface area contributed by atoms with Gasteiger partial charge in [-0.2, -0.15) is 0 Å². The van der Waals surface area contributed by atoms with Crippen LogP contribution >= 0.6 is 39.1 Å². The lowest BCUT2D eigenvalue weighted by molar-refractivity contribution is 0.607. The van der Waals surface area contributed by atoms with E-state index in [1.807, 2.05) is 0 Å². The smallest absolute Gasteiger partial charge is 0.146 e. The molecule has 0 saturated heterocycles. The minimum atomic E-state index is -0.346. The van der Waals surface area contributed by atoms with E-state index in [4.69, 9.17) is 23.2 Å². The van der Waals surface area contributed by atoms with Gasteiger partial charge in [0, 0.05) is 10.4 Å². The van der Waals surface area contributed by atoms with Crippen LogP contribution in [-0.4, -0.2) is 5.88 Å². The lowest BCUT2D eigenvalue weighted by atomic mass is 10.1. The second-order valence-corrected chi connectivity index (χ2v) is 4.24. The van der Waals surface area contributed by atoms with Crippen LogP contribution in [0.5, 0.6) is 0 Å². The predicted molar refractivity (Wildman–Crippen MR) is 58.2 cm³/mol. The normalized spacial score (nSPS) is 10.5. The molecule has 0 nitrogen and oxygen atoms in total. The SMILES string of the molecule is Fc1c(CCCCl)ccc(Br)c1Cl. The molecule has 0 amide bonds. The third-order valence-electron chi connectivity index (χ3n) is 1.69. The van der Waals surface area contributed by atoms with Gasteiger partial charge in [0.05, 0.1) is 5.02 Å². The molecular formula is C9H8BrCl2F. The van der Waals surface area contributed by atoms with Gasteiger partial charge in [-0.15, -0.1) is 11.6 Å². The van der Waals surface area contributed by atoms with Crippen molar-refractivity contribution < 1.29 is 4.39 Å². The van der Waals surface area contributed by atoms with Crippen molar-refractivity contribution in [1.82, 2.24) is 0 Å². The summed E-state index contributed by atoms with van der Waals surface area (Å²) in [7, 11) is 0. The zero-order chi connectivity index (χ0) is 9.84. The van der Waals surface area contributed by atoms with E-state index in [0.717, 1.165) is 6.42 Å². The van der Waals surface area contributed by atoms with Crippen LogP contribution in [0.2, 0.25) is 5.02 Å². The van der Waals surface area contributed by atoms with E-state index in [2.05, 4.69) is 15.9 Å². The molecule has 0 spiro atoms. The van der Waals surface area contributed by atoms with Gasteiger partial charge in [0.25, 0.3) is 0 Å². The van der Waals surface area contributed by atoms with Crippen molar-refractivity contribution in [2.75, 3.05) is 5.88 Å². The Balaban J connectivity index is 2.90. The molecule has 0 aliphatic heterocycles. The van der Waals surface area contributed by atoms with Crippen molar-refractivity contribution in [3.8, 4) is 0 Å². The van der Waals surface area contributed by atoms with Crippen molar-refractivity contribution in [2.24, 2.45) is 0 Å². The van der Waals surface area contributed by atoms with Gasteiger partial charge in [-0.25, -0.2) is 4.39 Å². The monoisotopic (exact) mass is 284 g/mol. The number of rotatable bonds is 3. The first kappa shape index (κ1) is 11.3. The Morgan fingerprint density at radius 3 is 2.69 bits per heavy atom. The molecule has 0 bridgehead atoms. The van der Waals surface area contributed by atoms with Crippen molar-refractivity contribution in [2.45, 2.75) is 12.8 Å². The maximum Gasteiger partial charge on any atom is 0.146 e. The van der Waals surface area contributed by atoms with Crippen molar-refractivity contribution in [1.29, 1.82) is 0 Å². The Bertz CT molecular complexity index is 302.